The Morgan fingerprint density at radius 3 is 2.41 bits per heavy atom. The first-order valence-corrected chi connectivity index (χ1v) is 7.00. The smallest absolute Gasteiger partial charge is 0.418 e. The second-order valence-corrected chi connectivity index (χ2v) is 5.24. The van der Waals surface area contributed by atoms with Gasteiger partial charge in [-0.1, -0.05) is 0 Å². The molecule has 0 spiro atoms. The Balaban J connectivity index is 2.05. The fourth-order valence-electron chi connectivity index (χ4n) is 2.72. The third kappa shape index (κ3) is 2.73. The van der Waals surface area contributed by atoms with E-state index in [-0.39, 0.29) is 17.2 Å². The van der Waals surface area contributed by atoms with Crippen LogP contribution in [0.5, 0.6) is 0 Å². The highest BCUT2D eigenvalue weighted by Gasteiger charge is 2.36. The number of halogens is 3. The van der Waals surface area contributed by atoms with Gasteiger partial charge in [0.25, 0.3) is 0 Å². The van der Waals surface area contributed by atoms with Gasteiger partial charge in [-0.2, -0.15) is 13.2 Å². The maximum Gasteiger partial charge on any atom is 0.418 e. The van der Waals surface area contributed by atoms with Crippen LogP contribution in [0.3, 0.4) is 0 Å². The van der Waals surface area contributed by atoms with E-state index < -0.39 is 11.7 Å². The SMILES string of the molecule is O=Cc1ccc(-c2ccc(N3CCCC3)c(C(F)(F)F)c2)o1. The molecule has 3 rings (SSSR count). The van der Waals surface area contributed by atoms with Crippen LogP contribution < -0.4 is 4.90 Å². The van der Waals surface area contributed by atoms with Crippen LogP contribution >= 0.6 is 0 Å². The molecule has 0 saturated carbocycles. The van der Waals surface area contributed by atoms with Crippen LogP contribution in [0, 0.1) is 0 Å². The van der Waals surface area contributed by atoms with E-state index in [0.29, 0.717) is 24.9 Å². The van der Waals surface area contributed by atoms with Gasteiger partial charge in [-0.05, 0) is 43.2 Å². The van der Waals surface area contributed by atoms with Crippen molar-refractivity contribution in [2.45, 2.75) is 19.0 Å². The highest BCUT2D eigenvalue weighted by molar-refractivity contribution is 5.73. The third-order valence-electron chi connectivity index (χ3n) is 3.78. The highest BCUT2D eigenvalue weighted by Crippen LogP contribution is 2.40. The van der Waals surface area contributed by atoms with Gasteiger partial charge in [0.05, 0.1) is 5.56 Å². The molecule has 0 amide bonds. The van der Waals surface area contributed by atoms with E-state index in [1.165, 1.54) is 18.2 Å². The zero-order chi connectivity index (χ0) is 15.7. The van der Waals surface area contributed by atoms with Gasteiger partial charge in [0.2, 0.25) is 0 Å². The number of alkyl halides is 3. The van der Waals surface area contributed by atoms with Gasteiger partial charge >= 0.3 is 6.18 Å². The molecule has 0 aliphatic carbocycles. The van der Waals surface area contributed by atoms with Gasteiger partial charge in [0, 0.05) is 24.3 Å². The van der Waals surface area contributed by atoms with Crippen molar-refractivity contribution >= 4 is 12.0 Å². The van der Waals surface area contributed by atoms with Crippen LogP contribution in [-0.2, 0) is 6.18 Å². The lowest BCUT2D eigenvalue weighted by molar-refractivity contribution is -0.137. The normalized spacial score (nSPS) is 15.3. The van der Waals surface area contributed by atoms with Gasteiger partial charge in [0.15, 0.2) is 12.0 Å². The molecule has 22 heavy (non-hydrogen) atoms. The summed E-state index contributed by atoms with van der Waals surface area (Å²) in [5.74, 6) is 0.341. The Morgan fingerprint density at radius 1 is 1.09 bits per heavy atom. The summed E-state index contributed by atoms with van der Waals surface area (Å²) in [7, 11) is 0. The molecule has 1 saturated heterocycles. The fourth-order valence-corrected chi connectivity index (χ4v) is 2.72. The second-order valence-electron chi connectivity index (χ2n) is 5.24. The van der Waals surface area contributed by atoms with Crippen LogP contribution in [0.2, 0.25) is 0 Å². The minimum absolute atomic E-state index is 0.0900. The quantitative estimate of drug-likeness (QED) is 0.789. The summed E-state index contributed by atoms with van der Waals surface area (Å²) in [5.41, 5.74) is -0.157. The zero-order valence-corrected chi connectivity index (χ0v) is 11.7. The second kappa shape index (κ2) is 5.51. The Labute approximate surface area is 125 Å². The summed E-state index contributed by atoms with van der Waals surface area (Å²) < 4.78 is 45.3. The molecular formula is C16H14F3NO2. The molecule has 2 heterocycles. The maximum absolute atomic E-state index is 13.4. The lowest BCUT2D eigenvalue weighted by Crippen LogP contribution is -2.22. The van der Waals surface area contributed by atoms with Gasteiger partial charge in [0.1, 0.15) is 5.76 Å². The van der Waals surface area contributed by atoms with Crippen LogP contribution in [0.1, 0.15) is 29.0 Å². The number of anilines is 1. The predicted molar refractivity (Wildman–Crippen MR) is 76.0 cm³/mol. The first-order valence-electron chi connectivity index (χ1n) is 7.00. The molecule has 116 valence electrons. The van der Waals surface area contributed by atoms with E-state index in [1.54, 1.807) is 11.0 Å². The number of hydrogen-bond donors (Lipinski definition) is 0. The molecular weight excluding hydrogens is 295 g/mol. The van der Waals surface area contributed by atoms with Crippen molar-refractivity contribution in [3.05, 3.63) is 41.7 Å². The summed E-state index contributed by atoms with van der Waals surface area (Å²) in [6, 6.07) is 7.09. The minimum Gasteiger partial charge on any atom is -0.453 e. The van der Waals surface area contributed by atoms with Gasteiger partial charge in [-0.25, -0.2) is 0 Å². The summed E-state index contributed by atoms with van der Waals surface area (Å²) >= 11 is 0. The molecule has 1 fully saturated rings. The molecule has 3 nitrogen and oxygen atoms in total. The van der Waals surface area contributed by atoms with E-state index >= 15 is 0 Å². The predicted octanol–water partition coefficient (Wildman–Crippen LogP) is 4.38. The Hall–Kier alpha value is -2.24. The molecule has 0 unspecified atom stereocenters. The molecule has 1 aliphatic rings. The van der Waals surface area contributed by atoms with Gasteiger partial charge in [-0.15, -0.1) is 0 Å². The zero-order valence-electron chi connectivity index (χ0n) is 11.7. The van der Waals surface area contributed by atoms with Crippen molar-refractivity contribution in [2.75, 3.05) is 18.0 Å². The molecule has 2 aromatic rings. The number of carbonyl (C=O) groups excluding carboxylic acids is 1. The summed E-state index contributed by atoms with van der Waals surface area (Å²) in [6.07, 6.45) is -2.11. The lowest BCUT2D eigenvalue weighted by Gasteiger charge is -2.23. The topological polar surface area (TPSA) is 33.5 Å². The van der Waals surface area contributed by atoms with Crippen molar-refractivity contribution in [3.63, 3.8) is 0 Å². The largest absolute Gasteiger partial charge is 0.453 e. The van der Waals surface area contributed by atoms with Crippen molar-refractivity contribution in [1.82, 2.24) is 0 Å². The summed E-state index contributed by atoms with van der Waals surface area (Å²) in [6.45, 7) is 1.27. The molecule has 0 bridgehead atoms. The van der Waals surface area contributed by atoms with Crippen LogP contribution in [0.4, 0.5) is 18.9 Å². The molecule has 0 N–H and O–H groups in total. The average molecular weight is 309 g/mol. The van der Waals surface area contributed by atoms with Crippen molar-refractivity contribution in [1.29, 1.82) is 0 Å². The van der Waals surface area contributed by atoms with Gasteiger partial charge < -0.3 is 9.32 Å². The Kier molecular flexibility index (Phi) is 3.68. The number of nitrogens with zero attached hydrogens (tertiary/aromatic N) is 1. The van der Waals surface area contributed by atoms with E-state index in [2.05, 4.69) is 0 Å². The van der Waals surface area contributed by atoms with Crippen LogP contribution in [0.15, 0.2) is 34.7 Å². The molecule has 0 radical (unpaired) electrons. The Morgan fingerprint density at radius 2 is 1.82 bits per heavy atom. The van der Waals surface area contributed by atoms with Crippen molar-refractivity contribution in [2.24, 2.45) is 0 Å². The van der Waals surface area contributed by atoms with E-state index in [1.807, 2.05) is 0 Å². The fraction of sp³-hybridized carbons (Fsp3) is 0.312. The number of aldehydes is 1. The summed E-state index contributed by atoms with van der Waals surface area (Å²) in [5, 5.41) is 0. The van der Waals surface area contributed by atoms with Crippen molar-refractivity contribution < 1.29 is 22.4 Å². The lowest BCUT2D eigenvalue weighted by atomic mass is 10.1. The van der Waals surface area contributed by atoms with Crippen molar-refractivity contribution in [3.8, 4) is 11.3 Å². The molecule has 1 aromatic carbocycles. The molecule has 6 heteroatoms. The number of benzene rings is 1. The number of carbonyl (C=O) groups is 1. The third-order valence-corrected chi connectivity index (χ3v) is 3.78. The van der Waals surface area contributed by atoms with Gasteiger partial charge in [-0.3, -0.25) is 4.79 Å². The number of furan rings is 1. The first kappa shape index (κ1) is 14.7. The molecule has 1 aromatic heterocycles. The average Bonchev–Trinajstić information content (AvgIpc) is 3.17. The number of rotatable bonds is 3. The van der Waals surface area contributed by atoms with Crippen LogP contribution in [-0.4, -0.2) is 19.4 Å². The minimum atomic E-state index is -4.44. The van der Waals surface area contributed by atoms with E-state index in [9.17, 15) is 18.0 Å². The van der Waals surface area contributed by atoms with E-state index in [4.69, 9.17) is 4.42 Å². The molecule has 1 aliphatic heterocycles. The van der Waals surface area contributed by atoms with Crippen LogP contribution in [0.25, 0.3) is 11.3 Å². The van der Waals surface area contributed by atoms with E-state index in [0.717, 1.165) is 18.9 Å². The monoisotopic (exact) mass is 309 g/mol. The molecule has 0 atom stereocenters. The summed E-state index contributed by atoms with van der Waals surface area (Å²) in [4.78, 5) is 12.4. The standard InChI is InChI=1S/C16H14F3NO2/c17-16(18,19)13-9-11(15-6-4-12(10-21)22-15)3-5-14(13)20-7-1-2-8-20/h3-6,9-10H,1-2,7-8H2. The number of hydrogen-bond acceptors (Lipinski definition) is 3. The highest BCUT2D eigenvalue weighted by atomic mass is 19.4. The first-order chi connectivity index (χ1) is 10.5. The maximum atomic E-state index is 13.4. The Bertz CT molecular complexity index is 685.